The van der Waals surface area contributed by atoms with E-state index in [4.69, 9.17) is 4.74 Å². The SMILES string of the molecule is COC(=O)c1ccc(N2CCN(Cc3ccccc3)CC2)nc1. The number of ether oxygens (including phenoxy) is 1. The van der Waals surface area contributed by atoms with Crippen molar-refractivity contribution < 1.29 is 9.53 Å². The number of methoxy groups -OCH3 is 1. The predicted octanol–water partition coefficient (Wildman–Crippen LogP) is 2.19. The van der Waals surface area contributed by atoms with Crippen molar-refractivity contribution in [1.29, 1.82) is 0 Å². The summed E-state index contributed by atoms with van der Waals surface area (Å²) in [5, 5.41) is 0. The summed E-state index contributed by atoms with van der Waals surface area (Å²) in [7, 11) is 1.38. The van der Waals surface area contributed by atoms with E-state index in [0.717, 1.165) is 38.5 Å². The summed E-state index contributed by atoms with van der Waals surface area (Å²) < 4.78 is 4.69. The molecule has 1 aliphatic rings. The number of carbonyl (C=O) groups excluding carboxylic acids is 1. The average Bonchev–Trinajstić information content (AvgIpc) is 2.63. The number of esters is 1. The zero-order valence-corrected chi connectivity index (χ0v) is 13.3. The number of piperazine rings is 1. The summed E-state index contributed by atoms with van der Waals surface area (Å²) in [6, 6.07) is 14.2. The molecule has 1 aliphatic heterocycles. The molecule has 23 heavy (non-hydrogen) atoms. The molecule has 5 heteroatoms. The van der Waals surface area contributed by atoms with Crippen molar-refractivity contribution in [2.45, 2.75) is 6.54 Å². The molecule has 5 nitrogen and oxygen atoms in total. The molecule has 1 saturated heterocycles. The first kappa shape index (κ1) is 15.5. The first-order valence-corrected chi connectivity index (χ1v) is 7.82. The van der Waals surface area contributed by atoms with Crippen LogP contribution in [-0.2, 0) is 11.3 Å². The fraction of sp³-hybridized carbons (Fsp3) is 0.333. The molecule has 0 saturated carbocycles. The third-order valence-corrected chi connectivity index (χ3v) is 4.11. The van der Waals surface area contributed by atoms with E-state index in [1.807, 2.05) is 12.1 Å². The quantitative estimate of drug-likeness (QED) is 0.810. The Balaban J connectivity index is 1.55. The third-order valence-electron chi connectivity index (χ3n) is 4.11. The molecule has 1 fully saturated rings. The number of nitrogens with zero attached hydrogens (tertiary/aromatic N) is 3. The van der Waals surface area contributed by atoms with Crippen molar-refractivity contribution in [3.8, 4) is 0 Å². The zero-order valence-electron chi connectivity index (χ0n) is 13.3. The molecule has 2 heterocycles. The molecule has 120 valence electrons. The van der Waals surface area contributed by atoms with Crippen LogP contribution in [0.2, 0.25) is 0 Å². The Labute approximate surface area is 136 Å². The van der Waals surface area contributed by atoms with Crippen LogP contribution in [0.1, 0.15) is 15.9 Å². The first-order valence-electron chi connectivity index (χ1n) is 7.82. The van der Waals surface area contributed by atoms with Crippen LogP contribution in [0.3, 0.4) is 0 Å². The van der Waals surface area contributed by atoms with Gasteiger partial charge in [-0.05, 0) is 17.7 Å². The molecule has 1 aromatic heterocycles. The normalized spacial score (nSPS) is 15.4. The molecular weight excluding hydrogens is 290 g/mol. The molecular formula is C18H21N3O2. The van der Waals surface area contributed by atoms with Crippen molar-refractivity contribution in [2.24, 2.45) is 0 Å². The lowest BCUT2D eigenvalue weighted by Crippen LogP contribution is -2.46. The van der Waals surface area contributed by atoms with E-state index in [9.17, 15) is 4.79 Å². The van der Waals surface area contributed by atoms with Gasteiger partial charge in [-0.15, -0.1) is 0 Å². The summed E-state index contributed by atoms with van der Waals surface area (Å²) in [5.74, 6) is 0.564. The van der Waals surface area contributed by atoms with Gasteiger partial charge in [0.2, 0.25) is 0 Å². The lowest BCUT2D eigenvalue weighted by atomic mass is 10.2. The molecule has 0 unspecified atom stereocenters. The zero-order chi connectivity index (χ0) is 16.1. The highest BCUT2D eigenvalue weighted by molar-refractivity contribution is 5.89. The van der Waals surface area contributed by atoms with Gasteiger partial charge >= 0.3 is 5.97 Å². The Hall–Kier alpha value is -2.40. The number of pyridine rings is 1. The summed E-state index contributed by atoms with van der Waals surface area (Å²) in [6.45, 7) is 4.89. The summed E-state index contributed by atoms with van der Waals surface area (Å²) in [5.41, 5.74) is 1.83. The number of benzene rings is 1. The van der Waals surface area contributed by atoms with Crippen LogP contribution in [0, 0.1) is 0 Å². The molecule has 0 spiro atoms. The van der Waals surface area contributed by atoms with Gasteiger partial charge in [0, 0.05) is 38.9 Å². The highest BCUT2D eigenvalue weighted by Gasteiger charge is 2.18. The van der Waals surface area contributed by atoms with Gasteiger partial charge in [0.05, 0.1) is 12.7 Å². The van der Waals surface area contributed by atoms with Crippen LogP contribution >= 0.6 is 0 Å². The minimum atomic E-state index is -0.350. The summed E-state index contributed by atoms with van der Waals surface area (Å²) in [6.07, 6.45) is 1.58. The molecule has 2 aromatic rings. The molecule has 0 N–H and O–H groups in total. The Kier molecular flexibility index (Phi) is 4.88. The van der Waals surface area contributed by atoms with Crippen LogP contribution < -0.4 is 4.90 Å². The van der Waals surface area contributed by atoms with Crippen LogP contribution in [-0.4, -0.2) is 49.1 Å². The van der Waals surface area contributed by atoms with E-state index < -0.39 is 0 Å². The predicted molar refractivity (Wildman–Crippen MR) is 89.5 cm³/mol. The third kappa shape index (κ3) is 3.87. The number of aromatic nitrogens is 1. The maximum absolute atomic E-state index is 11.4. The molecule has 0 bridgehead atoms. The van der Waals surface area contributed by atoms with E-state index in [2.05, 4.69) is 39.0 Å². The number of carbonyl (C=O) groups is 1. The smallest absolute Gasteiger partial charge is 0.339 e. The largest absolute Gasteiger partial charge is 0.465 e. The molecule has 3 rings (SSSR count). The topological polar surface area (TPSA) is 45.7 Å². The van der Waals surface area contributed by atoms with Crippen LogP contribution in [0.4, 0.5) is 5.82 Å². The van der Waals surface area contributed by atoms with Crippen LogP contribution in [0.25, 0.3) is 0 Å². The Morgan fingerprint density at radius 1 is 1.09 bits per heavy atom. The van der Waals surface area contributed by atoms with Gasteiger partial charge in [0.15, 0.2) is 0 Å². The van der Waals surface area contributed by atoms with Gasteiger partial charge in [-0.2, -0.15) is 0 Å². The van der Waals surface area contributed by atoms with Gasteiger partial charge in [-0.3, -0.25) is 4.90 Å². The van der Waals surface area contributed by atoms with Crippen molar-refractivity contribution >= 4 is 11.8 Å². The van der Waals surface area contributed by atoms with E-state index in [-0.39, 0.29) is 5.97 Å². The van der Waals surface area contributed by atoms with Gasteiger partial charge in [0.1, 0.15) is 5.82 Å². The lowest BCUT2D eigenvalue weighted by Gasteiger charge is -2.35. The fourth-order valence-corrected chi connectivity index (χ4v) is 2.79. The Morgan fingerprint density at radius 3 is 2.43 bits per heavy atom. The molecule has 0 atom stereocenters. The van der Waals surface area contributed by atoms with Gasteiger partial charge < -0.3 is 9.64 Å². The second-order valence-electron chi connectivity index (χ2n) is 5.65. The highest BCUT2D eigenvalue weighted by Crippen LogP contribution is 2.15. The summed E-state index contributed by atoms with van der Waals surface area (Å²) >= 11 is 0. The van der Waals surface area contributed by atoms with Crippen LogP contribution in [0.5, 0.6) is 0 Å². The maximum atomic E-state index is 11.4. The van der Waals surface area contributed by atoms with Gasteiger partial charge in [-0.25, -0.2) is 9.78 Å². The second-order valence-corrected chi connectivity index (χ2v) is 5.65. The highest BCUT2D eigenvalue weighted by atomic mass is 16.5. The van der Waals surface area contributed by atoms with E-state index in [0.29, 0.717) is 5.56 Å². The average molecular weight is 311 g/mol. The minimum Gasteiger partial charge on any atom is -0.465 e. The van der Waals surface area contributed by atoms with Gasteiger partial charge in [-0.1, -0.05) is 30.3 Å². The molecule has 0 amide bonds. The number of hydrogen-bond donors (Lipinski definition) is 0. The van der Waals surface area contributed by atoms with E-state index >= 15 is 0 Å². The molecule has 0 aliphatic carbocycles. The van der Waals surface area contributed by atoms with Crippen molar-refractivity contribution in [1.82, 2.24) is 9.88 Å². The number of hydrogen-bond acceptors (Lipinski definition) is 5. The number of anilines is 1. The number of rotatable bonds is 4. The molecule has 0 radical (unpaired) electrons. The monoisotopic (exact) mass is 311 g/mol. The van der Waals surface area contributed by atoms with E-state index in [1.165, 1.54) is 12.7 Å². The molecule has 1 aromatic carbocycles. The fourth-order valence-electron chi connectivity index (χ4n) is 2.79. The first-order chi connectivity index (χ1) is 11.3. The summed E-state index contributed by atoms with van der Waals surface area (Å²) in [4.78, 5) is 20.5. The van der Waals surface area contributed by atoms with Crippen LogP contribution in [0.15, 0.2) is 48.7 Å². The maximum Gasteiger partial charge on any atom is 0.339 e. The standard InChI is InChI=1S/C18H21N3O2/c1-23-18(22)16-7-8-17(19-13-16)21-11-9-20(10-12-21)14-15-5-3-2-4-6-15/h2-8,13H,9-12,14H2,1H3. The van der Waals surface area contributed by atoms with Gasteiger partial charge in [0.25, 0.3) is 0 Å². The van der Waals surface area contributed by atoms with Crippen molar-refractivity contribution in [3.05, 3.63) is 59.8 Å². The Bertz CT molecular complexity index is 635. The van der Waals surface area contributed by atoms with Crippen molar-refractivity contribution in [2.75, 3.05) is 38.2 Å². The van der Waals surface area contributed by atoms with Crippen molar-refractivity contribution in [3.63, 3.8) is 0 Å². The Morgan fingerprint density at radius 2 is 1.83 bits per heavy atom. The van der Waals surface area contributed by atoms with E-state index in [1.54, 1.807) is 12.3 Å². The lowest BCUT2D eigenvalue weighted by molar-refractivity contribution is 0.0600. The second kappa shape index (κ2) is 7.24. The minimum absolute atomic E-state index is 0.350.